The summed E-state index contributed by atoms with van der Waals surface area (Å²) >= 11 is 0. The maximum atomic E-state index is 13.2. The van der Waals surface area contributed by atoms with Crippen LogP contribution < -0.4 is 25.9 Å². The summed E-state index contributed by atoms with van der Waals surface area (Å²) < 4.78 is 22.1. The Labute approximate surface area is 330 Å². The smallest absolute Gasteiger partial charge is 0.324 e. The Morgan fingerprint density at radius 1 is 0.768 bits per heavy atom. The van der Waals surface area contributed by atoms with Crippen LogP contribution in [0.4, 0.5) is 4.79 Å². The summed E-state index contributed by atoms with van der Waals surface area (Å²) in [5.41, 5.74) is 5.35. The first-order chi connectivity index (χ1) is 27.1. The molecule has 5 heterocycles. The lowest BCUT2D eigenvalue weighted by Crippen LogP contribution is -2.49. The molecule has 0 radical (unpaired) electrons. The topological polar surface area (TPSA) is 128 Å². The molecule has 0 aliphatic carbocycles. The van der Waals surface area contributed by atoms with E-state index in [9.17, 15) is 19.2 Å². The average molecular weight is 773 g/mol. The predicted molar refractivity (Wildman–Crippen MR) is 217 cm³/mol. The number of aryl methyl sites for hydroxylation is 1. The monoisotopic (exact) mass is 772 g/mol. The first-order valence-corrected chi connectivity index (χ1v) is 20.4. The number of urea groups is 1. The van der Waals surface area contributed by atoms with E-state index in [1.165, 1.54) is 4.90 Å². The number of methoxy groups -OCH3 is 2. The maximum Gasteiger partial charge on any atom is 0.324 e. The van der Waals surface area contributed by atoms with Gasteiger partial charge in [0.2, 0.25) is 5.91 Å². The fraction of sp³-hybridized carbons (Fsp3) is 0.581. The number of benzene rings is 1. The third-order valence-corrected chi connectivity index (χ3v) is 11.9. The van der Waals surface area contributed by atoms with Gasteiger partial charge in [0.25, 0.3) is 11.1 Å². The Kier molecular flexibility index (Phi) is 14.1. The fourth-order valence-corrected chi connectivity index (χ4v) is 8.23. The number of nitrogens with zero attached hydrogens (tertiary/aromatic N) is 5. The highest BCUT2D eigenvalue weighted by molar-refractivity contribution is 5.96. The number of unbranched alkanes of at least 4 members (excludes halogenated alkanes) is 1. The van der Waals surface area contributed by atoms with Crippen LogP contribution in [0.25, 0.3) is 11.1 Å². The van der Waals surface area contributed by atoms with Crippen molar-refractivity contribution in [1.82, 2.24) is 29.2 Å². The standard InChI is InChI=1S/C43H60N6O7/c1-6-7-16-48-29-37(30(2)31(3)41(48)51)33-26-38(54-4)36(39(27-33)55-5)14-22-45-18-10-34(11-19-45)56-35-12-20-46(21-13-35)24-25-47-17-8-9-32(42(47)52)28-49-23-15-40(50)44-43(49)53/h8-9,17,26-27,29,34-35H,6-7,10-16,18-25,28H2,1-5H3,(H,44,50,53). The molecule has 13 nitrogen and oxygen atoms in total. The van der Waals surface area contributed by atoms with Crippen molar-refractivity contribution in [3.63, 3.8) is 0 Å². The summed E-state index contributed by atoms with van der Waals surface area (Å²) in [4.78, 5) is 56.2. The molecule has 3 aliphatic heterocycles. The number of ether oxygens (including phenoxy) is 3. The lowest BCUT2D eigenvalue weighted by molar-refractivity contribution is -0.121. The second kappa shape index (κ2) is 19.1. The molecule has 56 heavy (non-hydrogen) atoms. The number of nitrogens with one attached hydrogen (secondary N) is 1. The van der Waals surface area contributed by atoms with Gasteiger partial charge >= 0.3 is 6.03 Å². The maximum absolute atomic E-state index is 13.2. The van der Waals surface area contributed by atoms with E-state index in [2.05, 4.69) is 34.2 Å². The Bertz CT molecular complexity index is 1930. The summed E-state index contributed by atoms with van der Waals surface area (Å²) in [7, 11) is 3.42. The highest BCUT2D eigenvalue weighted by Crippen LogP contribution is 2.37. The second-order valence-electron chi connectivity index (χ2n) is 15.5. The van der Waals surface area contributed by atoms with Crippen molar-refractivity contribution in [2.75, 3.05) is 60.0 Å². The highest BCUT2D eigenvalue weighted by atomic mass is 16.5. The molecular weight excluding hydrogens is 713 g/mol. The Morgan fingerprint density at radius 3 is 2.02 bits per heavy atom. The number of hydrogen-bond donors (Lipinski definition) is 1. The van der Waals surface area contributed by atoms with E-state index in [-0.39, 0.29) is 42.2 Å². The zero-order valence-corrected chi connectivity index (χ0v) is 33.9. The number of amides is 3. The van der Waals surface area contributed by atoms with Crippen molar-refractivity contribution >= 4 is 11.9 Å². The third-order valence-electron chi connectivity index (χ3n) is 11.9. The van der Waals surface area contributed by atoms with Crippen LogP contribution in [0.3, 0.4) is 0 Å². The van der Waals surface area contributed by atoms with E-state index in [1.54, 1.807) is 31.0 Å². The van der Waals surface area contributed by atoms with E-state index in [4.69, 9.17) is 14.2 Å². The van der Waals surface area contributed by atoms with Crippen LogP contribution in [0.2, 0.25) is 0 Å². The number of aromatic nitrogens is 2. The number of hydrogen-bond acceptors (Lipinski definition) is 9. The average Bonchev–Trinajstić information content (AvgIpc) is 3.21. The molecule has 3 fully saturated rings. The summed E-state index contributed by atoms with van der Waals surface area (Å²) in [6, 6.07) is 7.33. The van der Waals surface area contributed by atoms with E-state index < -0.39 is 6.03 Å². The van der Waals surface area contributed by atoms with Crippen molar-refractivity contribution in [3.8, 4) is 22.6 Å². The zero-order chi connectivity index (χ0) is 39.8. The lowest BCUT2D eigenvalue weighted by Gasteiger charge is -2.37. The summed E-state index contributed by atoms with van der Waals surface area (Å²) in [5.74, 6) is 1.32. The first kappa shape index (κ1) is 41.2. The molecule has 6 rings (SSSR count). The van der Waals surface area contributed by atoms with Crippen LogP contribution in [0.15, 0.2) is 46.2 Å². The van der Waals surface area contributed by atoms with Crippen LogP contribution in [-0.2, 0) is 35.6 Å². The summed E-state index contributed by atoms with van der Waals surface area (Å²) in [5, 5.41) is 2.32. The second-order valence-corrected chi connectivity index (χ2v) is 15.5. The van der Waals surface area contributed by atoms with Crippen molar-refractivity contribution < 1.29 is 23.8 Å². The molecule has 0 atom stereocenters. The molecule has 2 aromatic heterocycles. The Balaban J connectivity index is 0.953. The number of carbonyl (C=O) groups excluding carboxylic acids is 2. The molecular formula is C43H60N6O7. The number of imide groups is 1. The van der Waals surface area contributed by atoms with Crippen LogP contribution >= 0.6 is 0 Å². The van der Waals surface area contributed by atoms with Gasteiger partial charge in [-0.1, -0.05) is 19.4 Å². The van der Waals surface area contributed by atoms with Gasteiger partial charge in [0, 0.05) is 100.0 Å². The summed E-state index contributed by atoms with van der Waals surface area (Å²) in [6.07, 6.45) is 11.3. The largest absolute Gasteiger partial charge is 0.496 e. The first-order valence-electron chi connectivity index (χ1n) is 20.4. The van der Waals surface area contributed by atoms with Crippen molar-refractivity contribution in [2.24, 2.45) is 0 Å². The summed E-state index contributed by atoms with van der Waals surface area (Å²) in [6.45, 7) is 13.4. The Hall–Kier alpha value is -4.46. The molecule has 3 saturated heterocycles. The molecule has 0 unspecified atom stereocenters. The molecule has 0 bridgehead atoms. The van der Waals surface area contributed by atoms with Gasteiger partial charge in [-0.3, -0.25) is 19.7 Å². The van der Waals surface area contributed by atoms with Crippen LogP contribution in [0.5, 0.6) is 11.5 Å². The van der Waals surface area contributed by atoms with Gasteiger partial charge in [-0.25, -0.2) is 4.79 Å². The minimum atomic E-state index is -0.446. The predicted octanol–water partition coefficient (Wildman–Crippen LogP) is 4.74. The van der Waals surface area contributed by atoms with Crippen LogP contribution in [-0.4, -0.2) is 108 Å². The molecule has 1 N–H and O–H groups in total. The third kappa shape index (κ3) is 9.91. The number of piperidine rings is 2. The normalized spacial score (nSPS) is 17.7. The van der Waals surface area contributed by atoms with Crippen molar-refractivity contribution in [1.29, 1.82) is 0 Å². The number of pyridine rings is 2. The number of rotatable bonds is 16. The van der Waals surface area contributed by atoms with Gasteiger partial charge in [-0.15, -0.1) is 0 Å². The van der Waals surface area contributed by atoms with Crippen LogP contribution in [0, 0.1) is 13.8 Å². The molecule has 3 amide bonds. The molecule has 13 heteroatoms. The van der Waals surface area contributed by atoms with E-state index in [0.717, 1.165) is 124 Å². The number of likely N-dealkylation sites (tertiary alicyclic amines) is 2. The quantitative estimate of drug-likeness (QED) is 0.220. The molecule has 1 aromatic carbocycles. The molecule has 3 aliphatic rings. The van der Waals surface area contributed by atoms with Crippen molar-refractivity contribution in [2.45, 2.75) is 104 Å². The van der Waals surface area contributed by atoms with E-state index in [1.807, 2.05) is 30.7 Å². The molecule has 304 valence electrons. The van der Waals surface area contributed by atoms with Gasteiger partial charge in [-0.2, -0.15) is 0 Å². The van der Waals surface area contributed by atoms with Gasteiger partial charge < -0.3 is 38.0 Å². The fourth-order valence-electron chi connectivity index (χ4n) is 8.23. The number of carbonyl (C=O) groups is 2. The van der Waals surface area contributed by atoms with Gasteiger partial charge in [0.05, 0.1) is 33.0 Å². The van der Waals surface area contributed by atoms with E-state index in [0.29, 0.717) is 25.2 Å². The molecule has 3 aromatic rings. The zero-order valence-electron chi connectivity index (χ0n) is 33.9. The van der Waals surface area contributed by atoms with Crippen molar-refractivity contribution in [3.05, 3.63) is 79.6 Å². The lowest BCUT2D eigenvalue weighted by atomic mass is 9.96. The Morgan fingerprint density at radius 2 is 1.41 bits per heavy atom. The molecule has 0 spiro atoms. The van der Waals surface area contributed by atoms with Gasteiger partial charge in [-0.05, 0) is 81.7 Å². The minimum absolute atomic E-state index is 0.0743. The van der Waals surface area contributed by atoms with Gasteiger partial charge in [0.1, 0.15) is 11.5 Å². The van der Waals surface area contributed by atoms with Crippen LogP contribution in [0.1, 0.15) is 74.1 Å². The van der Waals surface area contributed by atoms with E-state index >= 15 is 0 Å². The van der Waals surface area contributed by atoms with Gasteiger partial charge in [0.15, 0.2) is 0 Å². The minimum Gasteiger partial charge on any atom is -0.496 e. The molecule has 0 saturated carbocycles. The SMILES string of the molecule is CCCCn1cc(-c2cc(OC)c(CCN3CCC(OC4CCN(CCn5cccc(CN6CCC(=O)NC6=O)c5=O)CC4)CC3)c(OC)c2)c(C)c(C)c1=O. The highest BCUT2D eigenvalue weighted by Gasteiger charge is 2.27.